The van der Waals surface area contributed by atoms with Crippen molar-refractivity contribution in [3.8, 4) is 0 Å². The van der Waals surface area contributed by atoms with Crippen molar-refractivity contribution in [3.63, 3.8) is 0 Å². The van der Waals surface area contributed by atoms with E-state index in [0.717, 1.165) is 0 Å². The number of carbonyl (C=O) groups excluding carboxylic acids is 2. The molecule has 0 rings (SSSR count). The summed E-state index contributed by atoms with van der Waals surface area (Å²) in [5.41, 5.74) is 0. The predicted octanol–water partition coefficient (Wildman–Crippen LogP) is 0.533. The highest BCUT2D eigenvalue weighted by atomic mass is 16.6. The van der Waals surface area contributed by atoms with Crippen molar-refractivity contribution in [1.29, 1.82) is 0 Å². The molecule has 0 radical (unpaired) electrons. The minimum Gasteiger partial charge on any atom is -0.460 e. The summed E-state index contributed by atoms with van der Waals surface area (Å²) in [5.74, 6) is -0.955. The highest BCUT2D eigenvalue weighted by Crippen LogP contribution is 1.96. The number of hydrogen-bond acceptors (Lipinski definition) is 6. The Bertz CT molecular complexity index is 240. The van der Waals surface area contributed by atoms with Crippen molar-refractivity contribution < 1.29 is 28.5 Å². The second-order valence-electron chi connectivity index (χ2n) is 3.31. The summed E-state index contributed by atoms with van der Waals surface area (Å²) in [7, 11) is 1.41. The van der Waals surface area contributed by atoms with Crippen LogP contribution in [0.15, 0.2) is 0 Å². The average Bonchev–Trinajstić information content (AvgIpc) is 2.33. The third-order valence-electron chi connectivity index (χ3n) is 2.01. The Labute approximate surface area is 101 Å². The fourth-order valence-electron chi connectivity index (χ4n) is 0.933. The van der Waals surface area contributed by atoms with Gasteiger partial charge in [0.25, 0.3) is 0 Å². The van der Waals surface area contributed by atoms with Gasteiger partial charge < -0.3 is 18.9 Å². The molecule has 6 nitrogen and oxygen atoms in total. The molecule has 0 spiro atoms. The topological polar surface area (TPSA) is 71.1 Å². The zero-order valence-corrected chi connectivity index (χ0v) is 10.7. The first-order valence-electron chi connectivity index (χ1n) is 5.50. The van der Waals surface area contributed by atoms with Gasteiger partial charge in [0.05, 0.1) is 0 Å². The number of methoxy groups -OCH3 is 1. The molecule has 2 unspecified atom stereocenters. The molecule has 0 aromatic rings. The van der Waals surface area contributed by atoms with Crippen LogP contribution in [0.3, 0.4) is 0 Å². The molecule has 0 aliphatic heterocycles. The molecular weight excluding hydrogens is 228 g/mol. The van der Waals surface area contributed by atoms with Crippen molar-refractivity contribution in [2.24, 2.45) is 0 Å². The van der Waals surface area contributed by atoms with Crippen molar-refractivity contribution >= 4 is 11.9 Å². The summed E-state index contributed by atoms with van der Waals surface area (Å²) in [6, 6.07) is 0. The first-order chi connectivity index (χ1) is 8.02. The van der Waals surface area contributed by atoms with Gasteiger partial charge in [-0.05, 0) is 20.8 Å². The third-order valence-corrected chi connectivity index (χ3v) is 2.01. The zero-order chi connectivity index (χ0) is 13.3. The first kappa shape index (κ1) is 15.9. The number of ether oxygens (including phenoxy) is 4. The van der Waals surface area contributed by atoms with Crippen LogP contribution in [0.5, 0.6) is 0 Å². The Kier molecular flexibility index (Phi) is 8.35. The molecule has 0 aliphatic rings. The Hall–Kier alpha value is -1.14. The maximum Gasteiger partial charge on any atom is 0.335 e. The lowest BCUT2D eigenvalue weighted by molar-refractivity contribution is -0.163. The summed E-state index contributed by atoms with van der Waals surface area (Å²) in [4.78, 5) is 22.4. The molecule has 2 atom stereocenters. The first-order valence-corrected chi connectivity index (χ1v) is 5.50. The average molecular weight is 248 g/mol. The van der Waals surface area contributed by atoms with Crippen molar-refractivity contribution in [2.45, 2.75) is 33.0 Å². The fourth-order valence-corrected chi connectivity index (χ4v) is 0.933. The third kappa shape index (κ3) is 6.91. The van der Waals surface area contributed by atoms with Gasteiger partial charge >= 0.3 is 11.9 Å². The van der Waals surface area contributed by atoms with Crippen LogP contribution in [-0.2, 0) is 28.5 Å². The second-order valence-corrected chi connectivity index (χ2v) is 3.31. The van der Waals surface area contributed by atoms with Gasteiger partial charge in [-0.2, -0.15) is 0 Å². The Morgan fingerprint density at radius 2 is 1.47 bits per heavy atom. The molecule has 0 saturated heterocycles. The molecule has 0 fully saturated rings. The molecule has 0 aromatic heterocycles. The Balaban J connectivity index is 3.64. The van der Waals surface area contributed by atoms with Gasteiger partial charge in [-0.3, -0.25) is 0 Å². The highest BCUT2D eigenvalue weighted by molar-refractivity contribution is 5.75. The van der Waals surface area contributed by atoms with Crippen LogP contribution >= 0.6 is 0 Å². The van der Waals surface area contributed by atoms with Gasteiger partial charge in [0, 0.05) is 13.7 Å². The molecule has 100 valence electrons. The van der Waals surface area contributed by atoms with Gasteiger partial charge in [-0.25, -0.2) is 9.59 Å². The SMILES string of the molecule is CCOC(C)C(=O)OCCOC(=O)C(C)OC. The summed E-state index contributed by atoms with van der Waals surface area (Å²) in [6.45, 7) is 5.43. The van der Waals surface area contributed by atoms with Crippen molar-refractivity contribution in [3.05, 3.63) is 0 Å². The lowest BCUT2D eigenvalue weighted by Crippen LogP contribution is -2.27. The van der Waals surface area contributed by atoms with Crippen LogP contribution < -0.4 is 0 Å². The molecular formula is C11H20O6. The van der Waals surface area contributed by atoms with E-state index in [0.29, 0.717) is 6.61 Å². The molecule has 0 aromatic carbocycles. The van der Waals surface area contributed by atoms with E-state index < -0.39 is 24.1 Å². The maximum absolute atomic E-state index is 11.3. The lowest BCUT2D eigenvalue weighted by atomic mass is 10.4. The smallest absolute Gasteiger partial charge is 0.335 e. The Morgan fingerprint density at radius 1 is 1.00 bits per heavy atom. The van der Waals surface area contributed by atoms with Crippen LogP contribution in [-0.4, -0.2) is 51.1 Å². The Morgan fingerprint density at radius 3 is 1.88 bits per heavy atom. The summed E-state index contributed by atoms with van der Waals surface area (Å²) in [5, 5.41) is 0. The molecule has 0 saturated carbocycles. The van der Waals surface area contributed by atoms with Gasteiger partial charge in [-0.15, -0.1) is 0 Å². The maximum atomic E-state index is 11.3. The van der Waals surface area contributed by atoms with E-state index in [-0.39, 0.29) is 13.2 Å². The van der Waals surface area contributed by atoms with Gasteiger partial charge in [0.15, 0.2) is 12.2 Å². The quantitative estimate of drug-likeness (QED) is 0.461. The second kappa shape index (κ2) is 8.95. The van der Waals surface area contributed by atoms with Crippen molar-refractivity contribution in [1.82, 2.24) is 0 Å². The number of esters is 2. The van der Waals surface area contributed by atoms with Gasteiger partial charge in [0.2, 0.25) is 0 Å². The van der Waals surface area contributed by atoms with E-state index in [9.17, 15) is 9.59 Å². The van der Waals surface area contributed by atoms with Crippen LogP contribution in [0.4, 0.5) is 0 Å². The van der Waals surface area contributed by atoms with E-state index in [2.05, 4.69) is 0 Å². The largest absolute Gasteiger partial charge is 0.460 e. The molecule has 17 heavy (non-hydrogen) atoms. The predicted molar refractivity (Wildman–Crippen MR) is 59.5 cm³/mol. The summed E-state index contributed by atoms with van der Waals surface area (Å²) in [6.07, 6.45) is -1.22. The number of hydrogen-bond donors (Lipinski definition) is 0. The minimum absolute atomic E-state index is 0.0110. The molecule has 0 bridgehead atoms. The standard InChI is InChI=1S/C11H20O6/c1-5-15-9(3)11(13)17-7-6-16-10(12)8(2)14-4/h8-9H,5-7H2,1-4H3. The van der Waals surface area contributed by atoms with E-state index >= 15 is 0 Å². The van der Waals surface area contributed by atoms with Crippen LogP contribution in [0.25, 0.3) is 0 Å². The monoisotopic (exact) mass is 248 g/mol. The molecule has 0 aliphatic carbocycles. The number of carbonyl (C=O) groups is 2. The normalized spacial score (nSPS) is 13.9. The number of rotatable bonds is 8. The van der Waals surface area contributed by atoms with E-state index in [4.69, 9.17) is 18.9 Å². The van der Waals surface area contributed by atoms with Gasteiger partial charge in [-0.1, -0.05) is 0 Å². The van der Waals surface area contributed by atoms with Crippen molar-refractivity contribution in [2.75, 3.05) is 26.9 Å². The van der Waals surface area contributed by atoms with Crippen LogP contribution in [0.1, 0.15) is 20.8 Å². The summed E-state index contributed by atoms with van der Waals surface area (Å²) < 4.78 is 19.4. The van der Waals surface area contributed by atoms with E-state index in [1.807, 2.05) is 0 Å². The van der Waals surface area contributed by atoms with Gasteiger partial charge in [0.1, 0.15) is 13.2 Å². The molecule has 0 N–H and O–H groups in total. The van der Waals surface area contributed by atoms with Crippen LogP contribution in [0.2, 0.25) is 0 Å². The fraction of sp³-hybridized carbons (Fsp3) is 0.818. The molecule has 6 heteroatoms. The minimum atomic E-state index is -0.618. The summed E-state index contributed by atoms with van der Waals surface area (Å²) >= 11 is 0. The van der Waals surface area contributed by atoms with E-state index in [1.165, 1.54) is 7.11 Å². The zero-order valence-electron chi connectivity index (χ0n) is 10.7. The van der Waals surface area contributed by atoms with Crippen LogP contribution in [0, 0.1) is 0 Å². The van der Waals surface area contributed by atoms with E-state index in [1.54, 1.807) is 20.8 Å². The molecule has 0 amide bonds. The highest BCUT2D eigenvalue weighted by Gasteiger charge is 2.15. The lowest BCUT2D eigenvalue weighted by Gasteiger charge is -2.12. The molecule has 0 heterocycles.